The molecular weight excluding hydrogens is 390 g/mol. The van der Waals surface area contributed by atoms with E-state index in [9.17, 15) is 18.4 Å². The molecule has 6 nitrogen and oxygen atoms in total. The van der Waals surface area contributed by atoms with E-state index in [1.807, 2.05) is 30.3 Å². The number of fused-ring (bicyclic) bond motifs is 1. The van der Waals surface area contributed by atoms with Crippen LogP contribution in [0.3, 0.4) is 0 Å². The van der Waals surface area contributed by atoms with Gasteiger partial charge in [-0.1, -0.05) is 42.3 Å². The fourth-order valence-electron chi connectivity index (χ4n) is 3.09. The number of aromatic nitrogens is 4. The quantitative estimate of drug-likeness (QED) is 0.531. The molecule has 1 N–H and O–H groups in total. The highest BCUT2D eigenvalue weighted by Crippen LogP contribution is 2.10. The van der Waals surface area contributed by atoms with E-state index in [-0.39, 0.29) is 29.1 Å². The second kappa shape index (κ2) is 7.79. The molecule has 0 unspecified atom stereocenters. The lowest BCUT2D eigenvalue weighted by Crippen LogP contribution is -2.39. The van der Waals surface area contributed by atoms with Gasteiger partial charge in [0.2, 0.25) is 0 Å². The maximum absolute atomic E-state index is 13.5. The molecule has 4 rings (SSSR count). The van der Waals surface area contributed by atoms with E-state index in [4.69, 9.17) is 0 Å². The summed E-state index contributed by atoms with van der Waals surface area (Å²) in [6, 6.07) is 12.9. The predicted molar refractivity (Wildman–Crippen MR) is 108 cm³/mol. The maximum Gasteiger partial charge on any atom is 0.332 e. The Labute approximate surface area is 169 Å². The van der Waals surface area contributed by atoms with Crippen LogP contribution < -0.4 is 11.2 Å². The van der Waals surface area contributed by atoms with Crippen LogP contribution in [0.25, 0.3) is 11.2 Å². The maximum atomic E-state index is 13.5. The monoisotopic (exact) mass is 406 g/mol. The van der Waals surface area contributed by atoms with Gasteiger partial charge in [-0.2, -0.15) is 0 Å². The Kier molecular flexibility index (Phi) is 5.02. The number of hydrogen-bond donors (Lipinski definition) is 1. The smallest absolute Gasteiger partial charge is 0.317 e. The number of aryl methyl sites for hydroxylation is 1. The Morgan fingerprint density at radius 1 is 1.03 bits per heavy atom. The van der Waals surface area contributed by atoms with E-state index < -0.39 is 22.9 Å². The van der Waals surface area contributed by atoms with Crippen LogP contribution in [-0.4, -0.2) is 19.1 Å². The van der Waals surface area contributed by atoms with Crippen LogP contribution in [0.15, 0.2) is 58.1 Å². The van der Waals surface area contributed by atoms with Gasteiger partial charge in [0.05, 0.1) is 6.54 Å². The zero-order valence-electron chi connectivity index (χ0n) is 15.9. The summed E-state index contributed by atoms with van der Waals surface area (Å²) in [6.07, 6.45) is 0.511. The van der Waals surface area contributed by atoms with Crippen LogP contribution in [0.4, 0.5) is 8.78 Å². The molecule has 8 heteroatoms. The number of rotatable bonds is 3. The minimum Gasteiger partial charge on any atom is -0.317 e. The summed E-state index contributed by atoms with van der Waals surface area (Å²) in [7, 11) is 1.49. The molecule has 0 saturated heterocycles. The van der Waals surface area contributed by atoms with Gasteiger partial charge in [0.1, 0.15) is 5.65 Å². The number of nitrogens with one attached hydrogen (secondary N) is 1. The van der Waals surface area contributed by atoms with Crippen molar-refractivity contribution in [2.75, 3.05) is 0 Å². The summed E-state index contributed by atoms with van der Waals surface area (Å²) in [6.45, 7) is -0.208. The third kappa shape index (κ3) is 3.65. The molecule has 2 heterocycles. The van der Waals surface area contributed by atoms with Gasteiger partial charge in [0.15, 0.2) is 23.0 Å². The molecule has 0 aliphatic carbocycles. The van der Waals surface area contributed by atoms with Crippen molar-refractivity contribution in [3.8, 4) is 11.8 Å². The van der Waals surface area contributed by atoms with Crippen LogP contribution in [0.5, 0.6) is 0 Å². The van der Waals surface area contributed by atoms with Crippen LogP contribution >= 0.6 is 0 Å². The van der Waals surface area contributed by atoms with Crippen LogP contribution in [0, 0.1) is 23.5 Å². The molecule has 0 spiro atoms. The first-order chi connectivity index (χ1) is 14.4. The molecule has 0 aliphatic heterocycles. The Morgan fingerprint density at radius 3 is 2.53 bits per heavy atom. The highest BCUT2D eigenvalue weighted by Gasteiger charge is 2.15. The minimum atomic E-state index is -1.05. The molecule has 0 amide bonds. The van der Waals surface area contributed by atoms with Gasteiger partial charge in [-0.05, 0) is 29.2 Å². The summed E-state index contributed by atoms with van der Waals surface area (Å²) < 4.78 is 28.8. The number of hydrogen-bond acceptors (Lipinski definition) is 3. The second-order valence-corrected chi connectivity index (χ2v) is 6.73. The Balaban J connectivity index is 1.71. The molecule has 0 aliphatic rings. The van der Waals surface area contributed by atoms with Gasteiger partial charge in [0, 0.05) is 13.5 Å². The first kappa shape index (κ1) is 19.3. The number of aromatic amines is 1. The van der Waals surface area contributed by atoms with E-state index in [1.54, 1.807) is 0 Å². The van der Waals surface area contributed by atoms with Gasteiger partial charge >= 0.3 is 5.69 Å². The third-order valence-corrected chi connectivity index (χ3v) is 4.65. The van der Waals surface area contributed by atoms with Gasteiger partial charge < -0.3 is 4.98 Å². The summed E-state index contributed by atoms with van der Waals surface area (Å²) in [5.41, 5.74) is 0.377. The van der Waals surface area contributed by atoms with E-state index in [2.05, 4.69) is 21.8 Å². The molecule has 30 heavy (non-hydrogen) atoms. The molecule has 150 valence electrons. The summed E-state index contributed by atoms with van der Waals surface area (Å²) >= 11 is 0. The molecular formula is C22H16F2N4O2. The summed E-state index contributed by atoms with van der Waals surface area (Å²) in [4.78, 5) is 32.6. The van der Waals surface area contributed by atoms with Crippen LogP contribution in [-0.2, 0) is 20.0 Å². The van der Waals surface area contributed by atoms with Crippen molar-refractivity contribution < 1.29 is 8.78 Å². The number of halogens is 2. The molecule has 4 aromatic rings. The molecule has 0 radical (unpaired) electrons. The van der Waals surface area contributed by atoms with Gasteiger partial charge in [-0.15, -0.1) is 0 Å². The van der Waals surface area contributed by atoms with Crippen molar-refractivity contribution >= 4 is 11.2 Å². The van der Waals surface area contributed by atoms with Gasteiger partial charge in [-0.3, -0.25) is 13.9 Å². The normalized spacial score (nSPS) is 10.8. The number of benzene rings is 2. The van der Waals surface area contributed by atoms with Crippen molar-refractivity contribution in [3.05, 3.63) is 98.0 Å². The Hall–Kier alpha value is -3.99. The Bertz CT molecular complexity index is 1420. The van der Waals surface area contributed by atoms with Crippen LogP contribution in [0.2, 0.25) is 0 Å². The first-order valence-electron chi connectivity index (χ1n) is 9.10. The molecule has 0 saturated carbocycles. The largest absolute Gasteiger partial charge is 0.332 e. The van der Waals surface area contributed by atoms with E-state index in [1.165, 1.54) is 17.7 Å². The Morgan fingerprint density at radius 2 is 1.80 bits per heavy atom. The van der Waals surface area contributed by atoms with Gasteiger partial charge in [0.25, 0.3) is 5.56 Å². The van der Waals surface area contributed by atoms with Gasteiger partial charge in [-0.25, -0.2) is 18.6 Å². The topological polar surface area (TPSA) is 72.7 Å². The average Bonchev–Trinajstić information content (AvgIpc) is 3.17. The SMILES string of the molecule is Cn1c(=O)n(Cc2ccc(F)c(F)c2)c(=O)c2nc(C#CCc3ccccc3)[nH]c21. The molecule has 0 fully saturated rings. The summed E-state index contributed by atoms with van der Waals surface area (Å²) in [5.74, 6) is 4.07. The van der Waals surface area contributed by atoms with Crippen molar-refractivity contribution in [2.45, 2.75) is 13.0 Å². The third-order valence-electron chi connectivity index (χ3n) is 4.65. The van der Waals surface area contributed by atoms with E-state index >= 15 is 0 Å². The fraction of sp³-hybridized carbons (Fsp3) is 0.136. The first-order valence-corrected chi connectivity index (χ1v) is 9.10. The van der Waals surface area contributed by atoms with E-state index in [0.717, 1.165) is 22.3 Å². The summed E-state index contributed by atoms with van der Waals surface area (Å²) in [5, 5.41) is 0. The molecule has 0 atom stereocenters. The molecule has 2 aromatic heterocycles. The van der Waals surface area contributed by atoms with Crippen molar-refractivity contribution in [3.63, 3.8) is 0 Å². The minimum absolute atomic E-state index is 0.0451. The van der Waals surface area contributed by atoms with Crippen LogP contribution in [0.1, 0.15) is 17.0 Å². The zero-order valence-corrected chi connectivity index (χ0v) is 15.9. The zero-order chi connectivity index (χ0) is 21.3. The highest BCUT2D eigenvalue weighted by molar-refractivity contribution is 5.70. The van der Waals surface area contributed by atoms with Crippen molar-refractivity contribution in [2.24, 2.45) is 7.05 Å². The fourth-order valence-corrected chi connectivity index (χ4v) is 3.09. The van der Waals surface area contributed by atoms with Crippen molar-refractivity contribution in [1.82, 2.24) is 19.1 Å². The standard InChI is InChI=1S/C22H16F2N4O2/c1-27-20-19(25-18(26-20)9-5-8-14-6-3-2-4-7-14)21(29)28(22(27)30)13-15-10-11-16(23)17(24)12-15/h2-4,6-7,10-12H,8,13H2,1H3,(H,25,26). The predicted octanol–water partition coefficient (Wildman–Crippen LogP) is 2.34. The number of H-pyrrole nitrogens is 1. The van der Waals surface area contributed by atoms with Crippen molar-refractivity contribution in [1.29, 1.82) is 0 Å². The lowest BCUT2D eigenvalue weighted by atomic mass is 10.2. The average molecular weight is 406 g/mol. The lowest BCUT2D eigenvalue weighted by molar-refractivity contribution is 0.506. The lowest BCUT2D eigenvalue weighted by Gasteiger charge is -2.08. The number of nitrogens with zero attached hydrogens (tertiary/aromatic N) is 3. The second-order valence-electron chi connectivity index (χ2n) is 6.73. The number of imidazole rings is 1. The highest BCUT2D eigenvalue weighted by atomic mass is 19.2. The molecule has 0 bridgehead atoms. The molecule has 2 aromatic carbocycles. The van der Waals surface area contributed by atoms with E-state index in [0.29, 0.717) is 6.42 Å².